The lowest BCUT2D eigenvalue weighted by Gasteiger charge is -2.05. The van der Waals surface area contributed by atoms with E-state index in [1.54, 1.807) is 54.6 Å². The summed E-state index contributed by atoms with van der Waals surface area (Å²) in [6.45, 7) is 0. The first-order valence-electron chi connectivity index (χ1n) is 6.60. The van der Waals surface area contributed by atoms with E-state index in [2.05, 4.69) is 10.3 Å². The van der Waals surface area contributed by atoms with Gasteiger partial charge in [-0.25, -0.2) is 4.98 Å². The van der Waals surface area contributed by atoms with Crippen LogP contribution in [0.4, 0.5) is 24.0 Å². The number of thiazole rings is 1. The molecule has 1 N–H and O–H groups in total. The Hall–Kier alpha value is -2.05. The van der Waals surface area contributed by atoms with Crippen molar-refractivity contribution in [2.75, 3.05) is 5.32 Å². The summed E-state index contributed by atoms with van der Waals surface area (Å²) in [5, 5.41) is 3.41. The molecule has 3 aromatic rings. The molecule has 0 amide bonds. The van der Waals surface area contributed by atoms with Gasteiger partial charge in [0.05, 0.1) is 15.6 Å². The van der Waals surface area contributed by atoms with Crippen molar-refractivity contribution in [2.45, 2.75) is 6.18 Å². The van der Waals surface area contributed by atoms with Crippen LogP contribution in [0.3, 0.4) is 0 Å². The van der Waals surface area contributed by atoms with E-state index in [0.29, 0.717) is 16.3 Å². The normalized spacial score (nSPS) is 11.5. The highest BCUT2D eigenvalue weighted by atomic mass is 35.5. The summed E-state index contributed by atoms with van der Waals surface area (Å²) in [7, 11) is 0. The summed E-state index contributed by atoms with van der Waals surface area (Å²) < 4.78 is 39.8. The molecule has 7 heteroatoms. The van der Waals surface area contributed by atoms with Crippen LogP contribution in [-0.4, -0.2) is 4.98 Å². The molecule has 0 atom stereocenters. The van der Waals surface area contributed by atoms with Gasteiger partial charge in [0, 0.05) is 0 Å². The van der Waals surface area contributed by atoms with Crippen molar-refractivity contribution in [1.82, 2.24) is 4.98 Å². The van der Waals surface area contributed by atoms with E-state index in [4.69, 9.17) is 11.6 Å². The van der Waals surface area contributed by atoms with Gasteiger partial charge < -0.3 is 5.32 Å². The largest absolute Gasteiger partial charge is 0.434 e. The van der Waals surface area contributed by atoms with E-state index >= 15 is 0 Å². The van der Waals surface area contributed by atoms with Gasteiger partial charge in [-0.15, -0.1) is 0 Å². The van der Waals surface area contributed by atoms with Crippen LogP contribution >= 0.6 is 22.9 Å². The monoisotopic (exact) mass is 354 g/mol. The maximum absolute atomic E-state index is 13.3. The molecule has 2 nitrogen and oxygen atoms in total. The van der Waals surface area contributed by atoms with E-state index in [0.717, 1.165) is 11.3 Å². The first kappa shape index (κ1) is 15.8. The number of alkyl halides is 3. The molecule has 0 spiro atoms. The quantitative estimate of drug-likeness (QED) is 0.603. The third kappa shape index (κ3) is 3.48. The minimum atomic E-state index is -4.53. The predicted octanol–water partition coefficient (Wildman–Crippen LogP) is 6.23. The Morgan fingerprint density at radius 2 is 1.61 bits per heavy atom. The zero-order valence-corrected chi connectivity index (χ0v) is 13.1. The number of hydrogen-bond acceptors (Lipinski definition) is 3. The lowest BCUT2D eigenvalue weighted by Crippen LogP contribution is -2.07. The number of para-hydroxylation sites is 1. The summed E-state index contributed by atoms with van der Waals surface area (Å²) >= 11 is 6.96. The molecule has 0 bridgehead atoms. The predicted molar refractivity (Wildman–Crippen MR) is 87.3 cm³/mol. The first-order valence-corrected chi connectivity index (χ1v) is 7.79. The topological polar surface area (TPSA) is 24.9 Å². The molecule has 0 aliphatic rings. The second-order valence-electron chi connectivity index (χ2n) is 4.67. The molecule has 118 valence electrons. The molecule has 0 radical (unpaired) electrons. The Morgan fingerprint density at radius 1 is 0.957 bits per heavy atom. The zero-order chi connectivity index (χ0) is 16.4. The Bertz CT molecular complexity index is 816. The van der Waals surface area contributed by atoms with E-state index in [9.17, 15) is 13.2 Å². The SMILES string of the molecule is FC(F)(F)c1nc(Nc2ccccc2Cl)sc1-c1ccccc1. The van der Waals surface area contributed by atoms with Crippen molar-refractivity contribution in [1.29, 1.82) is 0 Å². The molecule has 0 unspecified atom stereocenters. The lowest BCUT2D eigenvalue weighted by atomic mass is 10.1. The summed E-state index contributed by atoms with van der Waals surface area (Å²) in [5.41, 5.74) is 0.0871. The fourth-order valence-corrected chi connectivity index (χ4v) is 3.21. The van der Waals surface area contributed by atoms with Crippen LogP contribution < -0.4 is 5.32 Å². The third-order valence-corrected chi connectivity index (χ3v) is 4.40. The smallest absolute Gasteiger partial charge is 0.330 e. The van der Waals surface area contributed by atoms with Crippen LogP contribution in [0, 0.1) is 0 Å². The van der Waals surface area contributed by atoms with Gasteiger partial charge in [0.15, 0.2) is 10.8 Å². The summed E-state index contributed by atoms with van der Waals surface area (Å²) in [6.07, 6.45) is -4.53. The van der Waals surface area contributed by atoms with Crippen molar-refractivity contribution in [3.05, 3.63) is 65.3 Å². The lowest BCUT2D eigenvalue weighted by molar-refractivity contribution is -0.140. The number of benzene rings is 2. The van der Waals surface area contributed by atoms with Crippen molar-refractivity contribution < 1.29 is 13.2 Å². The second-order valence-corrected chi connectivity index (χ2v) is 6.07. The fourth-order valence-electron chi connectivity index (χ4n) is 2.03. The summed E-state index contributed by atoms with van der Waals surface area (Å²) in [4.78, 5) is 3.79. The van der Waals surface area contributed by atoms with Crippen LogP contribution in [0.2, 0.25) is 5.02 Å². The van der Waals surface area contributed by atoms with E-state index in [1.165, 1.54) is 0 Å². The maximum atomic E-state index is 13.3. The third-order valence-electron chi connectivity index (χ3n) is 3.05. The highest BCUT2D eigenvalue weighted by Gasteiger charge is 2.38. The van der Waals surface area contributed by atoms with Gasteiger partial charge in [-0.3, -0.25) is 0 Å². The molecule has 0 fully saturated rings. The number of nitrogens with zero attached hydrogens (tertiary/aromatic N) is 1. The van der Waals surface area contributed by atoms with Gasteiger partial charge in [-0.1, -0.05) is 65.4 Å². The van der Waals surface area contributed by atoms with Crippen molar-refractivity contribution in [3.63, 3.8) is 0 Å². The number of halogens is 4. The van der Waals surface area contributed by atoms with Gasteiger partial charge in [-0.05, 0) is 17.7 Å². The Morgan fingerprint density at radius 3 is 2.26 bits per heavy atom. The molecule has 3 rings (SSSR count). The Labute approximate surface area is 139 Å². The van der Waals surface area contributed by atoms with Crippen LogP contribution in [0.5, 0.6) is 0 Å². The molecule has 0 aliphatic heterocycles. The number of aromatic nitrogens is 1. The van der Waals surface area contributed by atoms with Gasteiger partial charge in [0.2, 0.25) is 0 Å². The number of hydrogen-bond donors (Lipinski definition) is 1. The minimum Gasteiger partial charge on any atom is -0.330 e. The van der Waals surface area contributed by atoms with E-state index < -0.39 is 11.9 Å². The standard InChI is InChI=1S/C16H10ClF3N2S/c17-11-8-4-5-9-12(11)21-15-22-14(16(18,19)20)13(23-15)10-6-2-1-3-7-10/h1-9H,(H,21,22). The van der Waals surface area contributed by atoms with Crippen LogP contribution in [0.15, 0.2) is 54.6 Å². The molecule has 0 saturated heterocycles. The second kappa shape index (κ2) is 6.22. The molecule has 23 heavy (non-hydrogen) atoms. The summed E-state index contributed by atoms with van der Waals surface area (Å²) in [5.74, 6) is 0. The van der Waals surface area contributed by atoms with E-state index in [1.807, 2.05) is 0 Å². The molecule has 1 aromatic heterocycles. The van der Waals surface area contributed by atoms with Gasteiger partial charge in [0.25, 0.3) is 0 Å². The highest BCUT2D eigenvalue weighted by molar-refractivity contribution is 7.19. The molecule has 1 heterocycles. The van der Waals surface area contributed by atoms with Crippen molar-refractivity contribution in [2.24, 2.45) is 0 Å². The average molecular weight is 355 g/mol. The van der Waals surface area contributed by atoms with Crippen LogP contribution in [0.25, 0.3) is 10.4 Å². The Balaban J connectivity index is 2.04. The Kier molecular flexibility index (Phi) is 4.28. The molecular formula is C16H10ClF3N2S. The number of nitrogens with one attached hydrogen (secondary N) is 1. The molecule has 0 aliphatic carbocycles. The fraction of sp³-hybridized carbons (Fsp3) is 0.0625. The number of rotatable bonds is 3. The molecule has 0 saturated carbocycles. The van der Waals surface area contributed by atoms with Gasteiger partial charge in [0.1, 0.15) is 0 Å². The van der Waals surface area contributed by atoms with E-state index in [-0.39, 0.29) is 10.0 Å². The van der Waals surface area contributed by atoms with Crippen LogP contribution in [-0.2, 0) is 6.18 Å². The average Bonchev–Trinajstić information content (AvgIpc) is 2.95. The maximum Gasteiger partial charge on any atom is 0.434 e. The summed E-state index contributed by atoms with van der Waals surface area (Å²) in [6, 6.07) is 15.2. The highest BCUT2D eigenvalue weighted by Crippen LogP contribution is 2.42. The molecule has 2 aromatic carbocycles. The number of anilines is 2. The van der Waals surface area contributed by atoms with Crippen LogP contribution in [0.1, 0.15) is 5.69 Å². The van der Waals surface area contributed by atoms with Gasteiger partial charge >= 0.3 is 6.18 Å². The first-order chi connectivity index (χ1) is 10.9. The molecular weight excluding hydrogens is 345 g/mol. The van der Waals surface area contributed by atoms with Crippen molar-refractivity contribution in [3.8, 4) is 10.4 Å². The van der Waals surface area contributed by atoms with Gasteiger partial charge in [-0.2, -0.15) is 13.2 Å². The minimum absolute atomic E-state index is 0.0765. The zero-order valence-electron chi connectivity index (χ0n) is 11.6. The van der Waals surface area contributed by atoms with Crippen molar-refractivity contribution >= 4 is 33.8 Å².